The van der Waals surface area contributed by atoms with Crippen LogP contribution < -0.4 is 5.32 Å². The molecule has 1 aliphatic heterocycles. The van der Waals surface area contributed by atoms with Crippen molar-refractivity contribution in [2.75, 3.05) is 40.3 Å². The van der Waals surface area contributed by atoms with Crippen LogP contribution in [-0.4, -0.2) is 61.9 Å². The van der Waals surface area contributed by atoms with Gasteiger partial charge in [-0.1, -0.05) is 25.0 Å². The molecule has 2 atom stereocenters. The summed E-state index contributed by atoms with van der Waals surface area (Å²) in [4.78, 5) is 29.9. The third-order valence-electron chi connectivity index (χ3n) is 6.35. The van der Waals surface area contributed by atoms with Crippen molar-refractivity contribution in [2.45, 2.75) is 44.9 Å². The Morgan fingerprint density at radius 3 is 2.55 bits per heavy atom. The number of amides is 2. The molecule has 5 nitrogen and oxygen atoms in total. The van der Waals surface area contributed by atoms with Crippen molar-refractivity contribution in [1.29, 1.82) is 0 Å². The number of rotatable bonds is 6. The third kappa shape index (κ3) is 5.56. The van der Waals surface area contributed by atoms with Gasteiger partial charge >= 0.3 is 0 Å². The second kappa shape index (κ2) is 9.70. The molecule has 1 aromatic rings. The highest BCUT2D eigenvalue weighted by Crippen LogP contribution is 2.34. The lowest BCUT2D eigenvalue weighted by molar-refractivity contribution is -0.139. The second-order valence-electron chi connectivity index (χ2n) is 8.96. The van der Waals surface area contributed by atoms with E-state index in [4.69, 9.17) is 0 Å². The number of nitrogens with one attached hydrogen (secondary N) is 1. The summed E-state index contributed by atoms with van der Waals surface area (Å²) in [7, 11) is 3.95. The summed E-state index contributed by atoms with van der Waals surface area (Å²) in [5.74, 6) is -0.0936. The predicted molar refractivity (Wildman–Crippen MR) is 112 cm³/mol. The number of aryl methyl sites for hydroxylation is 1. The molecule has 2 aliphatic rings. The van der Waals surface area contributed by atoms with E-state index in [0.717, 1.165) is 37.8 Å². The molecule has 1 saturated heterocycles. The number of likely N-dealkylation sites (tertiary alicyclic amines) is 1. The van der Waals surface area contributed by atoms with Crippen LogP contribution in [0.25, 0.3) is 0 Å². The fraction of sp³-hybridized carbons (Fsp3) is 0.652. The molecule has 0 radical (unpaired) electrons. The van der Waals surface area contributed by atoms with E-state index in [2.05, 4.69) is 5.32 Å². The summed E-state index contributed by atoms with van der Waals surface area (Å²) in [5.41, 5.74) is 1.62. The van der Waals surface area contributed by atoms with Crippen LogP contribution in [0, 0.1) is 24.6 Å². The van der Waals surface area contributed by atoms with Crippen LogP contribution in [0.4, 0.5) is 4.39 Å². The number of carbonyl (C=O) groups is 2. The molecule has 160 valence electrons. The van der Waals surface area contributed by atoms with Gasteiger partial charge in [-0.15, -0.1) is 0 Å². The summed E-state index contributed by atoms with van der Waals surface area (Å²) in [5, 5.41) is 3.03. The molecule has 1 heterocycles. The predicted octanol–water partition coefficient (Wildman–Crippen LogP) is 2.93. The van der Waals surface area contributed by atoms with E-state index in [0.29, 0.717) is 31.6 Å². The lowest BCUT2D eigenvalue weighted by Gasteiger charge is -2.38. The van der Waals surface area contributed by atoms with E-state index in [1.807, 2.05) is 30.0 Å². The van der Waals surface area contributed by atoms with Crippen LogP contribution in [0.3, 0.4) is 0 Å². The van der Waals surface area contributed by atoms with Gasteiger partial charge in [0.2, 0.25) is 11.8 Å². The summed E-state index contributed by atoms with van der Waals surface area (Å²) in [6.45, 7) is 4.24. The largest absolute Gasteiger partial charge is 0.355 e. The quantitative estimate of drug-likeness (QED) is 0.795. The Bertz CT molecular complexity index is 731. The van der Waals surface area contributed by atoms with Crippen LogP contribution in [0.15, 0.2) is 18.2 Å². The number of halogens is 1. The summed E-state index contributed by atoms with van der Waals surface area (Å²) < 4.78 is 13.8. The normalized spacial score (nSPS) is 22.9. The van der Waals surface area contributed by atoms with E-state index in [9.17, 15) is 14.0 Å². The molecule has 3 rings (SSSR count). The zero-order chi connectivity index (χ0) is 21.0. The molecule has 6 heteroatoms. The number of nitrogens with zero attached hydrogens (tertiary/aromatic N) is 2. The number of hydrogen-bond donors (Lipinski definition) is 1. The Morgan fingerprint density at radius 1 is 1.17 bits per heavy atom. The Balaban J connectivity index is 1.75. The van der Waals surface area contributed by atoms with Gasteiger partial charge in [0.05, 0.1) is 5.92 Å². The fourth-order valence-corrected chi connectivity index (χ4v) is 4.61. The Hall–Kier alpha value is -1.95. The SMILES string of the molecule is Cc1cc(C2CC(C(=O)NCCN(C)C)CN(C(=O)C3CCCC3)C2)ccc1F. The highest BCUT2D eigenvalue weighted by atomic mass is 19.1. The van der Waals surface area contributed by atoms with Crippen molar-refractivity contribution >= 4 is 11.8 Å². The van der Waals surface area contributed by atoms with E-state index in [1.165, 1.54) is 6.07 Å². The molecule has 2 fully saturated rings. The topological polar surface area (TPSA) is 52.7 Å². The van der Waals surface area contributed by atoms with Gasteiger partial charge in [0.15, 0.2) is 0 Å². The smallest absolute Gasteiger partial charge is 0.225 e. The monoisotopic (exact) mass is 403 g/mol. The summed E-state index contributed by atoms with van der Waals surface area (Å²) >= 11 is 0. The van der Waals surface area contributed by atoms with Crippen molar-refractivity contribution in [2.24, 2.45) is 11.8 Å². The van der Waals surface area contributed by atoms with Crippen LogP contribution in [0.2, 0.25) is 0 Å². The first-order valence-electron chi connectivity index (χ1n) is 10.8. The van der Waals surface area contributed by atoms with Gasteiger partial charge in [0, 0.05) is 38.0 Å². The van der Waals surface area contributed by atoms with Crippen LogP contribution in [0.1, 0.15) is 49.1 Å². The maximum atomic E-state index is 13.8. The first-order chi connectivity index (χ1) is 13.8. The molecule has 2 unspecified atom stereocenters. The molecule has 1 aliphatic carbocycles. The molecule has 0 spiro atoms. The van der Waals surface area contributed by atoms with Gasteiger partial charge in [0.1, 0.15) is 5.82 Å². The zero-order valence-electron chi connectivity index (χ0n) is 17.9. The van der Waals surface area contributed by atoms with Crippen molar-refractivity contribution in [3.05, 3.63) is 35.1 Å². The minimum absolute atomic E-state index is 0.0135. The lowest BCUT2D eigenvalue weighted by Crippen LogP contribution is -2.50. The Morgan fingerprint density at radius 2 is 1.90 bits per heavy atom. The first-order valence-corrected chi connectivity index (χ1v) is 10.8. The van der Waals surface area contributed by atoms with Crippen molar-refractivity contribution < 1.29 is 14.0 Å². The van der Waals surface area contributed by atoms with Gasteiger partial charge in [0.25, 0.3) is 0 Å². The van der Waals surface area contributed by atoms with Gasteiger partial charge in [-0.2, -0.15) is 0 Å². The highest BCUT2D eigenvalue weighted by molar-refractivity contribution is 5.82. The molecule has 29 heavy (non-hydrogen) atoms. The summed E-state index contributed by atoms with van der Waals surface area (Å²) in [6, 6.07) is 5.16. The second-order valence-corrected chi connectivity index (χ2v) is 8.96. The van der Waals surface area contributed by atoms with Crippen LogP contribution in [-0.2, 0) is 9.59 Å². The minimum Gasteiger partial charge on any atom is -0.355 e. The first kappa shape index (κ1) is 21.8. The average Bonchev–Trinajstić information content (AvgIpc) is 3.23. The standard InChI is InChI=1S/C23H34FN3O2/c1-16-12-18(8-9-21(16)24)19-13-20(22(28)25-10-11-26(2)3)15-27(14-19)23(29)17-6-4-5-7-17/h8-9,12,17,19-20H,4-7,10-11,13-15H2,1-3H3,(H,25,28). The number of carbonyl (C=O) groups excluding carboxylic acids is 2. The van der Waals surface area contributed by atoms with Crippen molar-refractivity contribution in [3.63, 3.8) is 0 Å². The maximum absolute atomic E-state index is 13.8. The molecule has 1 saturated carbocycles. The molecule has 0 bridgehead atoms. The third-order valence-corrected chi connectivity index (χ3v) is 6.35. The maximum Gasteiger partial charge on any atom is 0.225 e. The number of likely N-dealkylation sites (N-methyl/N-ethyl adjacent to an activating group) is 1. The minimum atomic E-state index is -0.230. The van der Waals surface area contributed by atoms with E-state index < -0.39 is 0 Å². The zero-order valence-corrected chi connectivity index (χ0v) is 17.9. The van der Waals surface area contributed by atoms with Crippen molar-refractivity contribution in [3.8, 4) is 0 Å². The molecule has 1 aromatic carbocycles. The highest BCUT2D eigenvalue weighted by Gasteiger charge is 2.37. The molecule has 0 aromatic heterocycles. The van der Waals surface area contributed by atoms with E-state index >= 15 is 0 Å². The van der Waals surface area contributed by atoms with Gasteiger partial charge in [-0.05, 0) is 57.5 Å². The van der Waals surface area contributed by atoms with E-state index in [-0.39, 0.29) is 35.4 Å². The van der Waals surface area contributed by atoms with Crippen molar-refractivity contribution in [1.82, 2.24) is 15.1 Å². The van der Waals surface area contributed by atoms with Crippen LogP contribution >= 0.6 is 0 Å². The molecular formula is C23H34FN3O2. The fourth-order valence-electron chi connectivity index (χ4n) is 4.61. The summed E-state index contributed by atoms with van der Waals surface area (Å²) in [6.07, 6.45) is 4.82. The molecule has 1 N–H and O–H groups in total. The molecule has 2 amide bonds. The Kier molecular flexibility index (Phi) is 7.28. The number of hydrogen-bond acceptors (Lipinski definition) is 3. The van der Waals surface area contributed by atoms with Gasteiger partial charge in [-0.3, -0.25) is 9.59 Å². The van der Waals surface area contributed by atoms with E-state index in [1.54, 1.807) is 13.0 Å². The number of piperidine rings is 1. The number of benzene rings is 1. The van der Waals surface area contributed by atoms with Gasteiger partial charge < -0.3 is 15.1 Å². The van der Waals surface area contributed by atoms with Crippen LogP contribution in [0.5, 0.6) is 0 Å². The lowest BCUT2D eigenvalue weighted by atomic mass is 9.83. The average molecular weight is 404 g/mol. The van der Waals surface area contributed by atoms with Gasteiger partial charge in [-0.25, -0.2) is 4.39 Å². The molecular weight excluding hydrogens is 369 g/mol. The Labute approximate surface area is 173 Å².